The Balaban J connectivity index is 1.22. The summed E-state index contributed by atoms with van der Waals surface area (Å²) in [6, 6.07) is 7.75. The number of imidazole rings is 1. The second-order valence-electron chi connectivity index (χ2n) is 11.2. The molecule has 0 bridgehead atoms. The van der Waals surface area contributed by atoms with Gasteiger partial charge in [0.15, 0.2) is 11.2 Å². The number of likely N-dealkylation sites (N-methyl/N-ethyl adjacent to an activating group) is 1. The average Bonchev–Trinajstić information content (AvgIpc) is 3.75. The van der Waals surface area contributed by atoms with Crippen LogP contribution < -0.4 is 15.5 Å². The molecule has 3 aliphatic rings. The van der Waals surface area contributed by atoms with Crippen LogP contribution in [0.4, 0.5) is 15.2 Å². The molecule has 224 valence electrons. The number of fused-ring (bicyclic) bond motifs is 1. The van der Waals surface area contributed by atoms with Crippen molar-refractivity contribution in [3.05, 3.63) is 88.1 Å². The van der Waals surface area contributed by atoms with Crippen molar-refractivity contribution in [1.82, 2.24) is 24.8 Å². The van der Waals surface area contributed by atoms with Gasteiger partial charge in [-0.25, -0.2) is 14.4 Å². The van der Waals surface area contributed by atoms with E-state index in [-0.39, 0.29) is 18.9 Å². The monoisotopic (exact) mass is 600 g/mol. The number of hydrogen-bond donors (Lipinski definition) is 3. The van der Waals surface area contributed by atoms with Gasteiger partial charge in [-0.2, -0.15) is 0 Å². The molecule has 1 aliphatic carbocycles. The number of halogens is 1. The molecule has 1 saturated heterocycles. The first-order chi connectivity index (χ1) is 20.8. The Kier molecular flexibility index (Phi) is 8.27. The highest BCUT2D eigenvalue weighted by Gasteiger charge is 2.32. The van der Waals surface area contributed by atoms with E-state index in [9.17, 15) is 9.18 Å². The fraction of sp³-hybridized carbons (Fsp3) is 0.375. The van der Waals surface area contributed by atoms with E-state index < -0.39 is 12.2 Å². The van der Waals surface area contributed by atoms with Crippen molar-refractivity contribution in [3.63, 3.8) is 0 Å². The summed E-state index contributed by atoms with van der Waals surface area (Å²) < 4.78 is 16.0. The SMILES string of the molecule is CCN1CCN(c2ccc(C3=C(C)C(=N)/C(=C\NC(C(=O)Nc4nccs4)c4ncn5c4C[C@@H](F)C5)C(C)=C3)cc2)CC1. The quantitative estimate of drug-likeness (QED) is 0.337. The van der Waals surface area contributed by atoms with Gasteiger partial charge in [0.05, 0.1) is 24.3 Å². The number of allylic oxidation sites excluding steroid dienone is 5. The fourth-order valence-electron chi connectivity index (χ4n) is 6.04. The Hall–Kier alpha value is -4.09. The Labute approximate surface area is 255 Å². The molecule has 0 saturated carbocycles. The highest BCUT2D eigenvalue weighted by molar-refractivity contribution is 7.13. The third-order valence-corrected chi connectivity index (χ3v) is 9.27. The number of alkyl halides is 1. The minimum atomic E-state index is -0.999. The van der Waals surface area contributed by atoms with Gasteiger partial charge in [-0.15, -0.1) is 11.3 Å². The Bertz CT molecular complexity index is 1590. The van der Waals surface area contributed by atoms with Crippen molar-refractivity contribution in [3.8, 4) is 0 Å². The van der Waals surface area contributed by atoms with Gasteiger partial charge in [-0.1, -0.05) is 25.1 Å². The van der Waals surface area contributed by atoms with E-state index in [1.165, 1.54) is 17.0 Å². The van der Waals surface area contributed by atoms with Gasteiger partial charge in [-0.3, -0.25) is 15.5 Å². The molecule has 43 heavy (non-hydrogen) atoms. The van der Waals surface area contributed by atoms with Crippen molar-refractivity contribution in [2.75, 3.05) is 42.9 Å². The van der Waals surface area contributed by atoms with Gasteiger partial charge >= 0.3 is 0 Å². The first-order valence-electron chi connectivity index (χ1n) is 14.7. The minimum absolute atomic E-state index is 0.211. The zero-order valence-electron chi connectivity index (χ0n) is 24.7. The van der Waals surface area contributed by atoms with Crippen LogP contribution in [0.5, 0.6) is 0 Å². The zero-order valence-corrected chi connectivity index (χ0v) is 25.5. The first-order valence-corrected chi connectivity index (χ1v) is 15.6. The molecule has 2 aromatic heterocycles. The number of nitrogens with one attached hydrogen (secondary N) is 3. The molecule has 2 aliphatic heterocycles. The Morgan fingerprint density at radius 3 is 2.65 bits per heavy atom. The van der Waals surface area contributed by atoms with Crippen LogP contribution in [-0.2, 0) is 17.8 Å². The molecule has 6 rings (SSSR count). The zero-order chi connectivity index (χ0) is 30.1. The Morgan fingerprint density at radius 1 is 1.19 bits per heavy atom. The van der Waals surface area contributed by atoms with E-state index in [0.29, 0.717) is 27.8 Å². The van der Waals surface area contributed by atoms with Crippen LogP contribution in [0.1, 0.15) is 43.8 Å². The molecule has 1 amide bonds. The van der Waals surface area contributed by atoms with E-state index >= 15 is 0 Å². The number of hydrogen-bond acceptors (Lipinski definition) is 8. The standard InChI is InChI=1S/C32H37FN8OS/c1-4-39-10-12-40(13-11-39)24-7-5-22(6-8-24)25-15-20(2)26(28(34)21(25)3)17-36-30(31(42)38-32-35-9-14-43-32)29-27-16-23(33)18-41(27)19-37-29/h5-9,14-15,17,19,23,30,34,36H,4,10-13,16,18H2,1-3H3,(H,35,38,42)/b26-17-,34-28?/t23-,30?/m1/s1. The smallest absolute Gasteiger partial charge is 0.254 e. The number of rotatable bonds is 8. The summed E-state index contributed by atoms with van der Waals surface area (Å²) in [5.41, 5.74) is 7.35. The van der Waals surface area contributed by atoms with Crippen LogP contribution in [0.2, 0.25) is 0 Å². The lowest BCUT2D eigenvalue weighted by Gasteiger charge is -2.35. The molecule has 3 N–H and O–H groups in total. The predicted molar refractivity (Wildman–Crippen MR) is 170 cm³/mol. The van der Waals surface area contributed by atoms with Crippen LogP contribution in [-0.4, -0.2) is 69.9 Å². The van der Waals surface area contributed by atoms with E-state index in [1.54, 1.807) is 28.7 Å². The molecule has 4 heterocycles. The van der Waals surface area contributed by atoms with Crippen LogP contribution in [0.25, 0.3) is 5.57 Å². The number of benzene rings is 1. The number of carbonyl (C=O) groups excluding carboxylic acids is 1. The summed E-state index contributed by atoms with van der Waals surface area (Å²) in [7, 11) is 0. The van der Waals surface area contributed by atoms with Gasteiger partial charge in [0.25, 0.3) is 5.91 Å². The van der Waals surface area contributed by atoms with Crippen molar-refractivity contribution in [2.24, 2.45) is 0 Å². The predicted octanol–water partition coefficient (Wildman–Crippen LogP) is 4.98. The highest BCUT2D eigenvalue weighted by atomic mass is 32.1. The van der Waals surface area contributed by atoms with E-state index in [2.05, 4.69) is 67.7 Å². The maximum Gasteiger partial charge on any atom is 0.254 e. The molecule has 2 atom stereocenters. The molecule has 9 nitrogen and oxygen atoms in total. The van der Waals surface area contributed by atoms with Gasteiger partial charge in [0, 0.05) is 67.3 Å². The maximum absolute atomic E-state index is 14.2. The number of aromatic nitrogens is 3. The molecule has 1 fully saturated rings. The average molecular weight is 601 g/mol. The number of nitrogens with zero attached hydrogens (tertiary/aromatic N) is 5. The molecule has 0 spiro atoms. The molecular formula is C32H37FN8OS. The second kappa shape index (κ2) is 12.3. The fourth-order valence-corrected chi connectivity index (χ4v) is 6.57. The lowest BCUT2D eigenvalue weighted by molar-refractivity contribution is -0.118. The number of piperazine rings is 1. The summed E-state index contributed by atoms with van der Waals surface area (Å²) in [6.45, 7) is 11.7. The number of carbonyl (C=O) groups is 1. The van der Waals surface area contributed by atoms with E-state index in [4.69, 9.17) is 5.41 Å². The lowest BCUT2D eigenvalue weighted by atomic mass is 9.85. The summed E-state index contributed by atoms with van der Waals surface area (Å²) in [6.07, 6.45) is 6.24. The number of anilines is 2. The highest BCUT2D eigenvalue weighted by Crippen LogP contribution is 2.33. The molecule has 0 radical (unpaired) electrons. The molecule has 1 aromatic carbocycles. The molecule has 11 heteroatoms. The van der Waals surface area contributed by atoms with Gasteiger partial charge in [-0.05, 0) is 54.8 Å². The molecule has 1 unspecified atom stereocenters. The van der Waals surface area contributed by atoms with E-state index in [1.807, 2.05) is 13.8 Å². The van der Waals surface area contributed by atoms with Crippen LogP contribution in [0.15, 0.2) is 71.2 Å². The Morgan fingerprint density at radius 2 is 1.95 bits per heavy atom. The van der Waals surface area contributed by atoms with Crippen LogP contribution in [0.3, 0.4) is 0 Å². The number of amides is 1. The van der Waals surface area contributed by atoms with Crippen molar-refractivity contribution < 1.29 is 9.18 Å². The van der Waals surface area contributed by atoms with Crippen molar-refractivity contribution in [2.45, 2.75) is 46.0 Å². The topological polar surface area (TPSA) is 102 Å². The third-order valence-electron chi connectivity index (χ3n) is 8.58. The first kappa shape index (κ1) is 29.0. The normalized spacial score (nSPS) is 20.8. The summed E-state index contributed by atoms with van der Waals surface area (Å²) in [5, 5.41) is 17.4. The van der Waals surface area contributed by atoms with Crippen molar-refractivity contribution in [1.29, 1.82) is 5.41 Å². The number of thiazole rings is 1. The van der Waals surface area contributed by atoms with Crippen molar-refractivity contribution >= 4 is 39.3 Å². The maximum atomic E-state index is 14.2. The van der Waals surface area contributed by atoms with E-state index in [0.717, 1.165) is 55.0 Å². The molecular weight excluding hydrogens is 563 g/mol. The summed E-state index contributed by atoms with van der Waals surface area (Å²) in [4.78, 5) is 27.0. The van der Waals surface area contributed by atoms with Gasteiger partial charge < -0.3 is 19.7 Å². The minimum Gasteiger partial charge on any atom is -0.374 e. The van der Waals surface area contributed by atoms with Gasteiger partial charge in [0.2, 0.25) is 0 Å². The van der Waals surface area contributed by atoms with Gasteiger partial charge in [0.1, 0.15) is 6.17 Å². The largest absolute Gasteiger partial charge is 0.374 e. The summed E-state index contributed by atoms with van der Waals surface area (Å²) in [5.74, 6) is -0.344. The lowest BCUT2D eigenvalue weighted by Crippen LogP contribution is -2.46. The molecule has 3 aromatic rings. The van der Waals surface area contributed by atoms with Crippen LogP contribution >= 0.6 is 11.3 Å². The van der Waals surface area contributed by atoms with Crippen LogP contribution in [0, 0.1) is 5.41 Å². The second-order valence-corrected chi connectivity index (χ2v) is 12.1. The third kappa shape index (κ3) is 5.92. The summed E-state index contributed by atoms with van der Waals surface area (Å²) >= 11 is 1.32.